The lowest BCUT2D eigenvalue weighted by atomic mass is 10.1. The first kappa shape index (κ1) is 15.0. The van der Waals surface area contributed by atoms with E-state index in [1.54, 1.807) is 19.1 Å². The average molecular weight is 323 g/mol. The Morgan fingerprint density at radius 2 is 1.73 bits per heavy atom. The third kappa shape index (κ3) is 2.59. The Kier molecular flexibility index (Phi) is 3.87. The number of nitrogens with zero attached hydrogens (tertiary/aromatic N) is 1. The van der Waals surface area contributed by atoms with Gasteiger partial charge < -0.3 is 0 Å². The van der Waals surface area contributed by atoms with Gasteiger partial charge >= 0.3 is 0 Å². The van der Waals surface area contributed by atoms with E-state index < -0.39 is 11.6 Å². The largest absolute Gasteiger partial charge is 0.295 e. The predicted octanol–water partition coefficient (Wildman–Crippen LogP) is 4.19. The highest BCUT2D eigenvalue weighted by atomic mass is 32.2. The topological polar surface area (TPSA) is 20.3 Å². The van der Waals surface area contributed by atoms with Gasteiger partial charge in [0.1, 0.15) is 11.2 Å². The molecule has 1 aliphatic heterocycles. The molecule has 2 aromatic rings. The summed E-state index contributed by atoms with van der Waals surface area (Å²) < 4.78 is 39.9. The van der Waals surface area contributed by atoms with Crippen molar-refractivity contribution in [1.82, 2.24) is 0 Å². The number of aryl methyl sites for hydroxylation is 1. The maximum atomic E-state index is 13.6. The summed E-state index contributed by atoms with van der Waals surface area (Å²) in [6, 6.07) is 7.92. The van der Waals surface area contributed by atoms with Gasteiger partial charge in [0.05, 0.1) is 11.4 Å². The zero-order valence-corrected chi connectivity index (χ0v) is 12.5. The molecule has 1 unspecified atom stereocenters. The zero-order chi connectivity index (χ0) is 15.9. The molecule has 1 heterocycles. The maximum absolute atomic E-state index is 13.6. The minimum absolute atomic E-state index is 0.187. The van der Waals surface area contributed by atoms with Gasteiger partial charge in [-0.1, -0.05) is 12.1 Å². The zero-order valence-electron chi connectivity index (χ0n) is 11.6. The number of carbonyl (C=O) groups excluding carboxylic acids is 1. The van der Waals surface area contributed by atoms with E-state index in [1.165, 1.54) is 28.8 Å². The second-order valence-electron chi connectivity index (χ2n) is 5.03. The second kappa shape index (κ2) is 5.68. The highest BCUT2D eigenvalue weighted by Gasteiger charge is 2.35. The molecular formula is C16H12F3NOS. The number of carbonyl (C=O) groups is 1. The molecule has 0 bridgehead atoms. The van der Waals surface area contributed by atoms with Gasteiger partial charge in [0.2, 0.25) is 5.91 Å². The number of amides is 1. The summed E-state index contributed by atoms with van der Waals surface area (Å²) in [4.78, 5) is 13.6. The van der Waals surface area contributed by atoms with Gasteiger partial charge in [-0.2, -0.15) is 0 Å². The number of benzene rings is 2. The van der Waals surface area contributed by atoms with Crippen molar-refractivity contribution >= 4 is 23.4 Å². The highest BCUT2D eigenvalue weighted by molar-refractivity contribution is 8.00. The molecule has 0 radical (unpaired) electrons. The van der Waals surface area contributed by atoms with Crippen molar-refractivity contribution in [3.05, 3.63) is 65.0 Å². The van der Waals surface area contributed by atoms with E-state index in [2.05, 4.69) is 0 Å². The van der Waals surface area contributed by atoms with Crippen molar-refractivity contribution in [2.75, 3.05) is 10.7 Å². The van der Waals surface area contributed by atoms with E-state index in [0.717, 1.165) is 17.7 Å². The summed E-state index contributed by atoms with van der Waals surface area (Å²) in [7, 11) is 0. The van der Waals surface area contributed by atoms with Crippen molar-refractivity contribution in [1.29, 1.82) is 0 Å². The van der Waals surface area contributed by atoms with E-state index in [4.69, 9.17) is 0 Å². The molecule has 0 aromatic heterocycles. The van der Waals surface area contributed by atoms with E-state index in [1.807, 2.05) is 0 Å². The van der Waals surface area contributed by atoms with E-state index in [9.17, 15) is 18.0 Å². The molecule has 2 nitrogen and oxygen atoms in total. The molecule has 22 heavy (non-hydrogen) atoms. The molecular weight excluding hydrogens is 311 g/mol. The lowest BCUT2D eigenvalue weighted by Gasteiger charge is -2.26. The minimum Gasteiger partial charge on any atom is -0.295 e. The number of hydrogen-bond acceptors (Lipinski definition) is 2. The van der Waals surface area contributed by atoms with Gasteiger partial charge in [-0.05, 0) is 36.2 Å². The average Bonchev–Trinajstić information content (AvgIpc) is 2.85. The maximum Gasteiger partial charge on any atom is 0.238 e. The van der Waals surface area contributed by atoms with Crippen molar-refractivity contribution in [2.45, 2.75) is 12.3 Å². The number of hydrogen-bond donors (Lipinski definition) is 0. The molecule has 1 fully saturated rings. The molecule has 1 aliphatic rings. The van der Waals surface area contributed by atoms with Crippen LogP contribution in [0, 0.1) is 24.4 Å². The number of anilines is 1. The van der Waals surface area contributed by atoms with Gasteiger partial charge in [-0.15, -0.1) is 11.8 Å². The Labute approximate surface area is 129 Å². The molecule has 114 valence electrons. The summed E-state index contributed by atoms with van der Waals surface area (Å²) in [5, 5.41) is -0.378. The van der Waals surface area contributed by atoms with Gasteiger partial charge in [-0.3, -0.25) is 9.69 Å². The van der Waals surface area contributed by atoms with E-state index in [0.29, 0.717) is 11.3 Å². The fourth-order valence-corrected chi connectivity index (χ4v) is 3.62. The molecule has 0 aliphatic carbocycles. The fourth-order valence-electron chi connectivity index (χ4n) is 2.45. The lowest BCUT2D eigenvalue weighted by Crippen LogP contribution is -2.28. The summed E-state index contributed by atoms with van der Waals surface area (Å²) in [5.74, 6) is -2.26. The van der Waals surface area contributed by atoms with Crippen LogP contribution in [0.1, 0.15) is 16.5 Å². The van der Waals surface area contributed by atoms with E-state index >= 15 is 0 Å². The van der Waals surface area contributed by atoms with Crippen LogP contribution in [0.15, 0.2) is 36.4 Å². The van der Waals surface area contributed by atoms with Gasteiger partial charge in [0.15, 0.2) is 11.6 Å². The molecule has 1 amide bonds. The first-order valence-electron chi connectivity index (χ1n) is 6.62. The summed E-state index contributed by atoms with van der Waals surface area (Å²) in [6.07, 6.45) is 0. The number of thioether (sulfide) groups is 1. The van der Waals surface area contributed by atoms with Crippen molar-refractivity contribution in [3.8, 4) is 0 Å². The van der Waals surface area contributed by atoms with Crippen LogP contribution < -0.4 is 4.90 Å². The Hall–Kier alpha value is -1.95. The normalized spacial score (nSPS) is 18.1. The van der Waals surface area contributed by atoms with Crippen LogP contribution in [0.4, 0.5) is 18.9 Å². The van der Waals surface area contributed by atoms with Crippen LogP contribution in [0.2, 0.25) is 0 Å². The summed E-state index contributed by atoms with van der Waals surface area (Å²) in [6.45, 7) is 1.62. The van der Waals surface area contributed by atoms with Gasteiger partial charge in [-0.25, -0.2) is 13.2 Å². The minimum atomic E-state index is -0.997. The van der Waals surface area contributed by atoms with Gasteiger partial charge in [0, 0.05) is 6.07 Å². The van der Waals surface area contributed by atoms with Crippen LogP contribution in [-0.2, 0) is 4.79 Å². The number of halogens is 3. The first-order chi connectivity index (χ1) is 10.5. The van der Waals surface area contributed by atoms with Crippen LogP contribution in [0.3, 0.4) is 0 Å². The predicted molar refractivity (Wildman–Crippen MR) is 80.2 cm³/mol. The second-order valence-corrected chi connectivity index (χ2v) is 6.10. The quantitative estimate of drug-likeness (QED) is 0.826. The Bertz CT molecular complexity index is 733. The fraction of sp³-hybridized carbons (Fsp3) is 0.188. The first-order valence-corrected chi connectivity index (χ1v) is 7.67. The van der Waals surface area contributed by atoms with Crippen molar-refractivity contribution in [2.24, 2.45) is 0 Å². The smallest absolute Gasteiger partial charge is 0.238 e. The van der Waals surface area contributed by atoms with Crippen molar-refractivity contribution < 1.29 is 18.0 Å². The lowest BCUT2D eigenvalue weighted by molar-refractivity contribution is -0.115. The summed E-state index contributed by atoms with van der Waals surface area (Å²) in [5.41, 5.74) is 1.55. The molecule has 2 aromatic carbocycles. The number of rotatable bonds is 2. The van der Waals surface area contributed by atoms with Crippen LogP contribution in [-0.4, -0.2) is 11.7 Å². The molecule has 6 heteroatoms. The van der Waals surface area contributed by atoms with Crippen LogP contribution in [0.5, 0.6) is 0 Å². The molecule has 1 saturated heterocycles. The highest BCUT2D eigenvalue weighted by Crippen LogP contribution is 2.43. The van der Waals surface area contributed by atoms with Crippen LogP contribution >= 0.6 is 11.8 Å². The van der Waals surface area contributed by atoms with Gasteiger partial charge in [0.25, 0.3) is 0 Å². The molecule has 0 spiro atoms. The summed E-state index contributed by atoms with van der Waals surface area (Å²) >= 11 is 1.37. The third-order valence-corrected chi connectivity index (χ3v) is 4.73. The SMILES string of the molecule is Cc1cc(F)c(F)cc1N1C(=O)CSC1c1ccc(F)cc1. The Balaban J connectivity index is 2.05. The molecule has 3 rings (SSSR count). The standard InChI is InChI=1S/C16H12F3NOS/c1-9-6-12(18)13(19)7-14(9)20-15(21)8-22-16(20)10-2-4-11(17)5-3-10/h2-7,16H,8H2,1H3. The van der Waals surface area contributed by atoms with Crippen LogP contribution in [0.25, 0.3) is 0 Å². The molecule has 1 atom stereocenters. The Morgan fingerprint density at radius 1 is 1.09 bits per heavy atom. The van der Waals surface area contributed by atoms with Crippen molar-refractivity contribution in [3.63, 3.8) is 0 Å². The molecule has 0 N–H and O–H groups in total. The molecule has 0 saturated carbocycles. The third-order valence-electron chi connectivity index (χ3n) is 3.52. The monoisotopic (exact) mass is 323 g/mol. The Morgan fingerprint density at radius 3 is 2.41 bits per heavy atom. The van der Waals surface area contributed by atoms with E-state index in [-0.39, 0.29) is 22.9 Å².